The topological polar surface area (TPSA) is 72.5 Å². The van der Waals surface area contributed by atoms with E-state index in [0.717, 1.165) is 0 Å². The summed E-state index contributed by atoms with van der Waals surface area (Å²) in [6.07, 6.45) is 1.51. The molecule has 0 fully saturated rings. The van der Waals surface area contributed by atoms with E-state index in [1.807, 2.05) is 6.07 Å². The van der Waals surface area contributed by atoms with E-state index in [-0.39, 0.29) is 5.57 Å². The minimum Gasteiger partial charge on any atom is -0.465 e. The number of hydrogen-bond acceptors (Lipinski definition) is 4. The van der Waals surface area contributed by atoms with E-state index in [1.165, 1.54) is 13.2 Å². The highest BCUT2D eigenvalue weighted by atomic mass is 16.5. The number of nitrogens with one attached hydrogen (secondary N) is 1. The summed E-state index contributed by atoms with van der Waals surface area (Å²) in [5.74, 6) is -1.36. The summed E-state index contributed by atoms with van der Waals surface area (Å²) in [7, 11) is 1.31. The fourth-order valence-electron chi connectivity index (χ4n) is 2.70. The lowest BCUT2D eigenvalue weighted by Crippen LogP contribution is -2.20. The first-order valence-corrected chi connectivity index (χ1v) is 8.94. The van der Waals surface area contributed by atoms with Gasteiger partial charge in [-0.2, -0.15) is 0 Å². The number of carbonyl (C=O) groups is 3. The van der Waals surface area contributed by atoms with Gasteiger partial charge in [0.1, 0.15) is 0 Å². The van der Waals surface area contributed by atoms with Gasteiger partial charge in [0.05, 0.1) is 18.2 Å². The molecule has 0 bridgehead atoms. The van der Waals surface area contributed by atoms with Crippen molar-refractivity contribution >= 4 is 29.4 Å². The first-order valence-electron chi connectivity index (χ1n) is 8.94. The summed E-state index contributed by atoms with van der Waals surface area (Å²) in [5.41, 5.74) is 1.98. The molecule has 0 aromatic heterocycles. The van der Waals surface area contributed by atoms with Gasteiger partial charge in [-0.3, -0.25) is 9.59 Å². The molecule has 0 heterocycles. The first-order chi connectivity index (χ1) is 14.1. The van der Waals surface area contributed by atoms with Crippen LogP contribution in [0.3, 0.4) is 0 Å². The summed E-state index contributed by atoms with van der Waals surface area (Å²) in [6, 6.07) is 24.0. The third-order valence-corrected chi connectivity index (χ3v) is 4.20. The van der Waals surface area contributed by atoms with E-state index in [9.17, 15) is 14.4 Å². The zero-order chi connectivity index (χ0) is 20.6. The van der Waals surface area contributed by atoms with E-state index >= 15 is 0 Å². The Bertz CT molecular complexity index is 1040. The Kier molecular flexibility index (Phi) is 6.32. The molecular formula is C24H19NO4. The van der Waals surface area contributed by atoms with Crippen LogP contribution in [-0.2, 0) is 9.53 Å². The van der Waals surface area contributed by atoms with Gasteiger partial charge in [0.2, 0.25) is 0 Å². The quantitative estimate of drug-likeness (QED) is 0.225. The predicted octanol–water partition coefficient (Wildman–Crippen LogP) is 4.38. The molecule has 5 nitrogen and oxygen atoms in total. The first kappa shape index (κ1) is 19.8. The number of rotatable bonds is 6. The normalized spacial score (nSPS) is 10.9. The van der Waals surface area contributed by atoms with E-state index < -0.39 is 17.7 Å². The molecule has 1 amide bonds. The zero-order valence-corrected chi connectivity index (χ0v) is 15.8. The molecule has 0 saturated heterocycles. The van der Waals surface area contributed by atoms with Crippen LogP contribution in [0.2, 0.25) is 0 Å². The lowest BCUT2D eigenvalue weighted by atomic mass is 9.99. The number of carbonyl (C=O) groups excluding carboxylic acids is 3. The van der Waals surface area contributed by atoms with Crippen LogP contribution in [-0.4, -0.2) is 24.8 Å². The SMILES string of the molecule is COC(=O)c1ccc(/C=C(\C(=O)Nc2ccccc2)C(=O)c2ccccc2)cc1. The molecule has 3 aromatic carbocycles. The molecule has 0 radical (unpaired) electrons. The maximum atomic E-state index is 13.0. The van der Waals surface area contributed by atoms with Crippen LogP contribution in [0, 0.1) is 0 Å². The smallest absolute Gasteiger partial charge is 0.337 e. The fourth-order valence-corrected chi connectivity index (χ4v) is 2.70. The fraction of sp³-hybridized carbons (Fsp3) is 0.0417. The second-order valence-electron chi connectivity index (χ2n) is 6.19. The maximum Gasteiger partial charge on any atom is 0.337 e. The third-order valence-electron chi connectivity index (χ3n) is 4.20. The Labute approximate surface area is 168 Å². The second-order valence-corrected chi connectivity index (χ2v) is 6.19. The summed E-state index contributed by atoms with van der Waals surface area (Å²) >= 11 is 0. The number of benzene rings is 3. The molecule has 0 saturated carbocycles. The number of ketones is 1. The number of Topliss-reactive ketones (excluding diaryl/α,β-unsaturated/α-hetero) is 1. The highest BCUT2D eigenvalue weighted by Gasteiger charge is 2.20. The van der Waals surface area contributed by atoms with Crippen molar-refractivity contribution < 1.29 is 19.1 Å². The Morgan fingerprint density at radius 2 is 1.34 bits per heavy atom. The van der Waals surface area contributed by atoms with Crippen LogP contribution in [0.1, 0.15) is 26.3 Å². The Balaban J connectivity index is 1.95. The lowest BCUT2D eigenvalue weighted by molar-refractivity contribution is -0.112. The molecule has 0 aliphatic heterocycles. The van der Waals surface area contributed by atoms with Gasteiger partial charge in [-0.05, 0) is 35.9 Å². The number of ether oxygens (including phenoxy) is 1. The minimum absolute atomic E-state index is 0.00845. The van der Waals surface area contributed by atoms with Crippen molar-refractivity contribution in [2.45, 2.75) is 0 Å². The molecule has 0 atom stereocenters. The van der Waals surface area contributed by atoms with Gasteiger partial charge in [0.15, 0.2) is 5.78 Å². The summed E-state index contributed by atoms with van der Waals surface area (Å²) < 4.78 is 4.69. The van der Waals surface area contributed by atoms with Gasteiger partial charge in [-0.25, -0.2) is 4.79 Å². The van der Waals surface area contributed by atoms with Crippen LogP contribution < -0.4 is 5.32 Å². The van der Waals surface area contributed by atoms with Crippen molar-refractivity contribution in [3.05, 3.63) is 107 Å². The monoisotopic (exact) mass is 385 g/mol. The standard InChI is InChI=1S/C24H19NO4/c1-29-24(28)19-14-12-17(13-15-19)16-21(22(26)18-8-4-2-5-9-18)23(27)25-20-10-6-3-7-11-20/h2-16H,1H3,(H,25,27)/b21-16-. The average Bonchev–Trinajstić information content (AvgIpc) is 2.78. The van der Waals surface area contributed by atoms with Crippen LogP contribution in [0.5, 0.6) is 0 Å². The number of amides is 1. The molecule has 0 spiro atoms. The van der Waals surface area contributed by atoms with Crippen LogP contribution in [0.15, 0.2) is 90.5 Å². The predicted molar refractivity (Wildman–Crippen MR) is 112 cm³/mol. The van der Waals surface area contributed by atoms with Gasteiger partial charge in [-0.15, -0.1) is 0 Å². The number of anilines is 1. The molecule has 0 unspecified atom stereocenters. The van der Waals surface area contributed by atoms with Crippen molar-refractivity contribution in [1.29, 1.82) is 0 Å². The molecule has 1 N–H and O–H groups in total. The minimum atomic E-state index is -0.512. The zero-order valence-electron chi connectivity index (χ0n) is 15.8. The molecule has 5 heteroatoms. The molecular weight excluding hydrogens is 366 g/mol. The van der Waals surface area contributed by atoms with E-state index in [2.05, 4.69) is 10.1 Å². The summed E-state index contributed by atoms with van der Waals surface area (Å²) in [4.78, 5) is 37.5. The van der Waals surface area contributed by atoms with Crippen molar-refractivity contribution in [2.24, 2.45) is 0 Å². The summed E-state index contributed by atoms with van der Waals surface area (Å²) in [6.45, 7) is 0. The highest BCUT2D eigenvalue weighted by molar-refractivity contribution is 6.31. The van der Waals surface area contributed by atoms with E-state index in [0.29, 0.717) is 22.4 Å². The van der Waals surface area contributed by atoms with Crippen molar-refractivity contribution in [1.82, 2.24) is 0 Å². The molecule has 29 heavy (non-hydrogen) atoms. The molecule has 0 aliphatic rings. The van der Waals surface area contributed by atoms with Crippen molar-refractivity contribution in [3.63, 3.8) is 0 Å². The average molecular weight is 385 g/mol. The largest absolute Gasteiger partial charge is 0.465 e. The third kappa shape index (κ3) is 5.05. The van der Waals surface area contributed by atoms with Crippen molar-refractivity contribution in [2.75, 3.05) is 12.4 Å². The Morgan fingerprint density at radius 3 is 1.93 bits per heavy atom. The lowest BCUT2D eigenvalue weighted by Gasteiger charge is -2.09. The Morgan fingerprint density at radius 1 is 0.759 bits per heavy atom. The van der Waals surface area contributed by atoms with Gasteiger partial charge in [0.25, 0.3) is 5.91 Å². The van der Waals surface area contributed by atoms with Gasteiger partial charge in [0, 0.05) is 11.3 Å². The maximum absolute atomic E-state index is 13.0. The molecule has 3 aromatic rings. The highest BCUT2D eigenvalue weighted by Crippen LogP contribution is 2.17. The number of methoxy groups -OCH3 is 1. The van der Waals surface area contributed by atoms with Gasteiger partial charge >= 0.3 is 5.97 Å². The van der Waals surface area contributed by atoms with E-state index in [1.54, 1.807) is 78.9 Å². The van der Waals surface area contributed by atoms with Crippen molar-refractivity contribution in [3.8, 4) is 0 Å². The van der Waals surface area contributed by atoms with Crippen LogP contribution in [0.25, 0.3) is 6.08 Å². The van der Waals surface area contributed by atoms with Crippen LogP contribution >= 0.6 is 0 Å². The van der Waals surface area contributed by atoms with E-state index in [4.69, 9.17) is 0 Å². The molecule has 0 aliphatic carbocycles. The summed E-state index contributed by atoms with van der Waals surface area (Å²) in [5, 5.41) is 2.75. The number of esters is 1. The number of para-hydroxylation sites is 1. The Hall–Kier alpha value is -3.99. The van der Waals surface area contributed by atoms with Gasteiger partial charge < -0.3 is 10.1 Å². The second kappa shape index (κ2) is 9.28. The van der Waals surface area contributed by atoms with Gasteiger partial charge in [-0.1, -0.05) is 60.7 Å². The molecule has 3 rings (SSSR count). The molecule has 144 valence electrons. The number of hydrogen-bond donors (Lipinski definition) is 1. The van der Waals surface area contributed by atoms with Crippen LogP contribution in [0.4, 0.5) is 5.69 Å².